The molecule has 0 radical (unpaired) electrons. The molecule has 116 valence electrons. The molecule has 0 N–H and O–H groups in total. The van der Waals surface area contributed by atoms with Crippen LogP contribution in [-0.4, -0.2) is 0 Å². The van der Waals surface area contributed by atoms with E-state index >= 15 is 0 Å². The number of benzene rings is 3. The van der Waals surface area contributed by atoms with Crippen LogP contribution in [-0.2, 0) is 5.16 Å². The van der Waals surface area contributed by atoms with Crippen molar-refractivity contribution in [1.29, 1.82) is 0 Å². The molecular formula is C20H19O2P. The summed E-state index contributed by atoms with van der Waals surface area (Å²) in [5, 5.41) is 4.59. The van der Waals surface area contributed by atoms with Crippen molar-refractivity contribution >= 4 is 40.7 Å². The van der Waals surface area contributed by atoms with Crippen LogP contribution in [0.5, 0.6) is 0 Å². The smallest absolute Gasteiger partial charge is 0.222 e. The van der Waals surface area contributed by atoms with E-state index in [0.717, 1.165) is 21.9 Å². The van der Waals surface area contributed by atoms with E-state index in [2.05, 4.69) is 69.3 Å². The third kappa shape index (κ3) is 2.44. The first-order chi connectivity index (χ1) is 11.0. The summed E-state index contributed by atoms with van der Waals surface area (Å²) in [5.41, 5.74) is 1.82. The number of para-hydroxylation sites is 1. The number of hydrogen-bond acceptors (Lipinski definition) is 2. The summed E-state index contributed by atoms with van der Waals surface area (Å²) >= 11 is 0. The van der Waals surface area contributed by atoms with Crippen molar-refractivity contribution in [2.45, 2.75) is 25.9 Å². The third-order valence-electron chi connectivity index (χ3n) is 3.96. The van der Waals surface area contributed by atoms with Gasteiger partial charge in [-0.1, -0.05) is 48.5 Å². The van der Waals surface area contributed by atoms with Crippen LogP contribution >= 0.6 is 8.01 Å². The third-order valence-corrected chi connectivity index (χ3v) is 5.78. The van der Waals surface area contributed by atoms with Crippen LogP contribution in [0.25, 0.3) is 32.7 Å². The zero-order chi connectivity index (χ0) is 16.0. The van der Waals surface area contributed by atoms with Crippen molar-refractivity contribution in [1.82, 2.24) is 0 Å². The minimum absolute atomic E-state index is 0.0598. The maximum atomic E-state index is 6.35. The number of hydrogen-bond donors (Lipinski definition) is 0. The van der Waals surface area contributed by atoms with Crippen LogP contribution in [0.15, 0.2) is 69.1 Å². The highest BCUT2D eigenvalue weighted by atomic mass is 31.1. The second-order valence-corrected chi connectivity index (χ2v) is 8.99. The highest BCUT2D eigenvalue weighted by molar-refractivity contribution is 7.38. The van der Waals surface area contributed by atoms with Crippen molar-refractivity contribution in [3.05, 3.63) is 60.7 Å². The van der Waals surface area contributed by atoms with Crippen LogP contribution in [0, 0.1) is 0 Å². The first kappa shape index (κ1) is 14.4. The molecule has 4 aromatic rings. The molecule has 2 nitrogen and oxygen atoms in total. The Kier molecular flexibility index (Phi) is 3.25. The van der Waals surface area contributed by atoms with Gasteiger partial charge in [0.1, 0.15) is 11.2 Å². The zero-order valence-corrected chi connectivity index (χ0v) is 14.4. The largest absolute Gasteiger partial charge is 0.419 e. The summed E-state index contributed by atoms with van der Waals surface area (Å²) in [6.07, 6.45) is 0. The normalized spacial score (nSPS) is 12.9. The molecule has 0 bridgehead atoms. The molecule has 1 heterocycles. The van der Waals surface area contributed by atoms with Gasteiger partial charge in [-0.15, -0.1) is 0 Å². The Morgan fingerprint density at radius 2 is 1.35 bits per heavy atom. The zero-order valence-electron chi connectivity index (χ0n) is 13.5. The number of rotatable bonds is 0. The molecule has 23 heavy (non-hydrogen) atoms. The lowest BCUT2D eigenvalue weighted by Crippen LogP contribution is -1.98. The van der Waals surface area contributed by atoms with Crippen LogP contribution in [0.1, 0.15) is 20.8 Å². The average molecular weight is 322 g/mol. The molecule has 1 atom stereocenters. The quantitative estimate of drug-likeness (QED) is 0.342. The van der Waals surface area contributed by atoms with Crippen LogP contribution < -0.4 is 0 Å². The Balaban J connectivity index is 2.33. The Morgan fingerprint density at radius 1 is 0.696 bits per heavy atom. The van der Waals surface area contributed by atoms with Gasteiger partial charge in [-0.25, -0.2) is 0 Å². The lowest BCUT2D eigenvalue weighted by atomic mass is 10.0. The Labute approximate surface area is 136 Å². The second-order valence-electron chi connectivity index (χ2n) is 6.77. The molecule has 0 saturated heterocycles. The van der Waals surface area contributed by atoms with Crippen LogP contribution in [0.2, 0.25) is 0 Å². The van der Waals surface area contributed by atoms with Gasteiger partial charge in [0.25, 0.3) is 0 Å². The Bertz CT molecular complexity index is 1060. The molecule has 1 aromatic heterocycles. The van der Waals surface area contributed by atoms with E-state index in [1.165, 1.54) is 10.8 Å². The maximum Gasteiger partial charge on any atom is 0.222 e. The van der Waals surface area contributed by atoms with E-state index in [0.29, 0.717) is 0 Å². The summed E-state index contributed by atoms with van der Waals surface area (Å²) in [7, 11) is -1.07. The van der Waals surface area contributed by atoms with Crippen molar-refractivity contribution < 1.29 is 8.39 Å². The van der Waals surface area contributed by atoms with Crippen molar-refractivity contribution in [2.75, 3.05) is 0 Å². The summed E-state index contributed by atoms with van der Waals surface area (Å²) < 4.78 is 12.6. The lowest BCUT2D eigenvalue weighted by molar-refractivity contribution is 0.565. The molecule has 3 heteroatoms. The molecule has 0 aliphatic heterocycles. The van der Waals surface area contributed by atoms with E-state index < -0.39 is 8.01 Å². The molecule has 0 aliphatic rings. The molecule has 0 aliphatic carbocycles. The SMILES string of the molecule is CC(C)(C)p1oc2ccccc2c2c(ccc3ccccc32)o1. The van der Waals surface area contributed by atoms with E-state index in [4.69, 9.17) is 8.39 Å². The standard InChI is InChI=1S/C20H19O2P/c1-20(2,3)23-21-17-11-7-6-10-16(17)19-15-9-5-4-8-14(15)12-13-18(19)22-23/h4-13H,1-3H3. The highest BCUT2D eigenvalue weighted by Crippen LogP contribution is 2.47. The Morgan fingerprint density at radius 3 is 2.13 bits per heavy atom. The first-order valence-electron chi connectivity index (χ1n) is 7.81. The van der Waals surface area contributed by atoms with Gasteiger partial charge in [0, 0.05) is 10.8 Å². The maximum absolute atomic E-state index is 6.35. The molecule has 3 aromatic carbocycles. The fraction of sp³-hybridized carbons (Fsp3) is 0.200. The van der Waals surface area contributed by atoms with Gasteiger partial charge in [-0.3, -0.25) is 0 Å². The fourth-order valence-electron chi connectivity index (χ4n) is 2.83. The predicted molar refractivity (Wildman–Crippen MR) is 98.8 cm³/mol. The van der Waals surface area contributed by atoms with Crippen LogP contribution in [0.3, 0.4) is 0 Å². The average Bonchev–Trinajstić information content (AvgIpc) is 2.71. The molecule has 0 amide bonds. The molecule has 0 spiro atoms. The van der Waals surface area contributed by atoms with Gasteiger partial charge >= 0.3 is 0 Å². The summed E-state index contributed by atoms with van der Waals surface area (Å²) in [6, 6.07) is 20.9. The minimum Gasteiger partial charge on any atom is -0.419 e. The molecule has 4 rings (SSSR count). The minimum atomic E-state index is -1.07. The fourth-order valence-corrected chi connectivity index (χ4v) is 4.08. The second kappa shape index (κ2) is 5.18. The first-order valence-corrected chi connectivity index (χ1v) is 8.99. The van der Waals surface area contributed by atoms with E-state index in [1.807, 2.05) is 12.1 Å². The molecule has 1 unspecified atom stereocenters. The topological polar surface area (TPSA) is 26.3 Å². The summed E-state index contributed by atoms with van der Waals surface area (Å²) in [4.78, 5) is 0. The van der Waals surface area contributed by atoms with Gasteiger partial charge in [0.15, 0.2) is 0 Å². The molecule has 0 fully saturated rings. The van der Waals surface area contributed by atoms with Gasteiger partial charge in [0.05, 0.1) is 5.16 Å². The van der Waals surface area contributed by atoms with Crippen LogP contribution in [0.4, 0.5) is 0 Å². The van der Waals surface area contributed by atoms with Crippen molar-refractivity contribution in [2.24, 2.45) is 0 Å². The van der Waals surface area contributed by atoms with Gasteiger partial charge in [-0.2, -0.15) is 0 Å². The Hall–Kier alpha value is -2.18. The lowest BCUT2D eigenvalue weighted by Gasteiger charge is -2.13. The monoisotopic (exact) mass is 322 g/mol. The summed E-state index contributed by atoms with van der Waals surface area (Å²) in [6.45, 7) is 6.48. The van der Waals surface area contributed by atoms with Crippen molar-refractivity contribution in [3.8, 4) is 0 Å². The van der Waals surface area contributed by atoms with E-state index in [1.54, 1.807) is 0 Å². The molecule has 0 saturated carbocycles. The van der Waals surface area contributed by atoms with E-state index in [9.17, 15) is 0 Å². The van der Waals surface area contributed by atoms with Gasteiger partial charge in [0.2, 0.25) is 8.01 Å². The summed E-state index contributed by atoms with van der Waals surface area (Å²) in [5.74, 6) is 0. The molecular weight excluding hydrogens is 303 g/mol. The van der Waals surface area contributed by atoms with Gasteiger partial charge < -0.3 is 8.39 Å². The van der Waals surface area contributed by atoms with Crippen molar-refractivity contribution in [3.63, 3.8) is 0 Å². The van der Waals surface area contributed by atoms with Gasteiger partial charge in [-0.05, 0) is 43.7 Å². The highest BCUT2D eigenvalue weighted by Gasteiger charge is 2.20. The predicted octanol–water partition coefficient (Wildman–Crippen LogP) is 7.20. The van der Waals surface area contributed by atoms with E-state index in [-0.39, 0.29) is 5.16 Å². The number of fused-ring (bicyclic) bond motifs is 5.